The number of hydrogen-bond acceptors (Lipinski definition) is 2. The van der Waals surface area contributed by atoms with Crippen LogP contribution in [0.4, 0.5) is 5.69 Å². The maximum absolute atomic E-state index is 4.19. The molecule has 0 bridgehead atoms. The molecule has 0 atom stereocenters. The quantitative estimate of drug-likeness (QED) is 0.462. The van der Waals surface area contributed by atoms with Crippen LogP contribution in [0.2, 0.25) is 0 Å². The summed E-state index contributed by atoms with van der Waals surface area (Å²) in [6, 6.07) is 4.03. The summed E-state index contributed by atoms with van der Waals surface area (Å²) < 4.78 is 0.889. The zero-order valence-electron chi connectivity index (χ0n) is 11.4. The Hall–Kier alpha value is -0.570. The van der Waals surface area contributed by atoms with E-state index in [-0.39, 0.29) is 0 Å². The van der Waals surface area contributed by atoms with Gasteiger partial charge >= 0.3 is 0 Å². The molecular weight excluding hydrogens is 288 g/mol. The van der Waals surface area contributed by atoms with E-state index in [1.54, 1.807) is 0 Å². The second-order valence-corrected chi connectivity index (χ2v) is 5.58. The molecule has 0 aliphatic rings. The van der Waals surface area contributed by atoms with Crippen LogP contribution >= 0.6 is 15.9 Å². The van der Waals surface area contributed by atoms with Gasteiger partial charge in [-0.1, -0.05) is 51.9 Å². The molecule has 0 aliphatic carbocycles. The lowest BCUT2D eigenvalue weighted by molar-refractivity contribution is 0.581. The first-order valence-corrected chi connectivity index (χ1v) is 7.97. The van der Waals surface area contributed by atoms with Gasteiger partial charge in [0.1, 0.15) is 4.60 Å². The molecule has 0 saturated carbocycles. The van der Waals surface area contributed by atoms with Crippen LogP contribution in [0.5, 0.6) is 0 Å². The molecule has 0 unspecified atom stereocenters. The lowest BCUT2D eigenvalue weighted by atomic mass is 10.1. The van der Waals surface area contributed by atoms with E-state index in [1.807, 2.05) is 12.3 Å². The Morgan fingerprint density at radius 2 is 1.67 bits per heavy atom. The molecule has 1 rings (SSSR count). The average molecular weight is 313 g/mol. The second-order valence-electron chi connectivity index (χ2n) is 4.77. The third-order valence-electron chi connectivity index (χ3n) is 3.09. The Balaban J connectivity index is 1.91. The van der Waals surface area contributed by atoms with Gasteiger partial charge in [0.2, 0.25) is 0 Å². The molecule has 0 amide bonds. The van der Waals surface area contributed by atoms with E-state index in [1.165, 1.54) is 51.4 Å². The minimum atomic E-state index is 0.889. The topological polar surface area (TPSA) is 24.9 Å². The lowest BCUT2D eigenvalue weighted by Gasteiger charge is -2.05. The SMILES string of the molecule is CCCCCCCCCCNc1ccc(Br)nc1. The lowest BCUT2D eigenvalue weighted by Crippen LogP contribution is -2.01. The molecule has 3 heteroatoms. The summed E-state index contributed by atoms with van der Waals surface area (Å²) in [5, 5.41) is 3.40. The van der Waals surface area contributed by atoms with E-state index in [2.05, 4.69) is 39.2 Å². The van der Waals surface area contributed by atoms with Crippen LogP contribution in [0.25, 0.3) is 0 Å². The average Bonchev–Trinajstić information content (AvgIpc) is 2.39. The fraction of sp³-hybridized carbons (Fsp3) is 0.667. The molecule has 1 heterocycles. The number of unbranched alkanes of at least 4 members (excludes halogenated alkanes) is 7. The summed E-state index contributed by atoms with van der Waals surface area (Å²) in [6.45, 7) is 3.32. The molecule has 1 N–H and O–H groups in total. The maximum Gasteiger partial charge on any atom is 0.106 e. The molecule has 0 aliphatic heterocycles. The van der Waals surface area contributed by atoms with E-state index >= 15 is 0 Å². The van der Waals surface area contributed by atoms with Crippen molar-refractivity contribution in [1.29, 1.82) is 0 Å². The van der Waals surface area contributed by atoms with E-state index in [9.17, 15) is 0 Å². The second kappa shape index (κ2) is 10.4. The highest BCUT2D eigenvalue weighted by atomic mass is 79.9. The number of rotatable bonds is 10. The number of pyridine rings is 1. The Morgan fingerprint density at radius 1 is 1.00 bits per heavy atom. The van der Waals surface area contributed by atoms with Gasteiger partial charge in [-0.15, -0.1) is 0 Å². The van der Waals surface area contributed by atoms with E-state index < -0.39 is 0 Å². The van der Waals surface area contributed by atoms with Crippen LogP contribution in [0.3, 0.4) is 0 Å². The highest BCUT2D eigenvalue weighted by Crippen LogP contribution is 2.11. The Kier molecular flexibility index (Phi) is 8.92. The van der Waals surface area contributed by atoms with Gasteiger partial charge in [0.05, 0.1) is 11.9 Å². The Morgan fingerprint density at radius 3 is 2.28 bits per heavy atom. The monoisotopic (exact) mass is 312 g/mol. The first kappa shape index (κ1) is 15.5. The third-order valence-corrected chi connectivity index (χ3v) is 3.56. The van der Waals surface area contributed by atoms with Gasteiger partial charge in [0, 0.05) is 6.54 Å². The minimum Gasteiger partial charge on any atom is -0.384 e. The highest BCUT2D eigenvalue weighted by Gasteiger charge is 1.94. The molecule has 0 saturated heterocycles. The van der Waals surface area contributed by atoms with Crippen molar-refractivity contribution in [3.05, 3.63) is 22.9 Å². The van der Waals surface area contributed by atoms with Crippen molar-refractivity contribution >= 4 is 21.6 Å². The summed E-state index contributed by atoms with van der Waals surface area (Å²) in [6.07, 6.45) is 12.8. The van der Waals surface area contributed by atoms with Crippen LogP contribution in [0, 0.1) is 0 Å². The number of halogens is 1. The van der Waals surface area contributed by atoms with Gasteiger partial charge in [-0.05, 0) is 34.5 Å². The van der Waals surface area contributed by atoms with Gasteiger partial charge in [-0.25, -0.2) is 4.98 Å². The minimum absolute atomic E-state index is 0.889. The van der Waals surface area contributed by atoms with Crippen LogP contribution < -0.4 is 5.32 Å². The Bertz CT molecular complexity index is 298. The van der Waals surface area contributed by atoms with Gasteiger partial charge in [0.25, 0.3) is 0 Å². The summed E-state index contributed by atoms with van der Waals surface area (Å²) in [4.78, 5) is 4.19. The molecule has 0 fully saturated rings. The Labute approximate surface area is 120 Å². The number of nitrogens with one attached hydrogen (secondary N) is 1. The van der Waals surface area contributed by atoms with Gasteiger partial charge in [-0.3, -0.25) is 0 Å². The molecule has 0 spiro atoms. The van der Waals surface area contributed by atoms with Crippen molar-refractivity contribution < 1.29 is 0 Å². The smallest absolute Gasteiger partial charge is 0.106 e. The normalized spacial score (nSPS) is 10.6. The fourth-order valence-electron chi connectivity index (χ4n) is 1.97. The van der Waals surface area contributed by atoms with E-state index in [0.717, 1.165) is 16.8 Å². The number of hydrogen-bond donors (Lipinski definition) is 1. The molecule has 1 aromatic rings. The number of aromatic nitrogens is 1. The fourth-order valence-corrected chi connectivity index (χ4v) is 2.21. The van der Waals surface area contributed by atoms with Gasteiger partial charge in [-0.2, -0.15) is 0 Å². The summed E-state index contributed by atoms with van der Waals surface area (Å²) in [5.41, 5.74) is 1.11. The predicted molar refractivity (Wildman–Crippen MR) is 83.0 cm³/mol. The largest absolute Gasteiger partial charge is 0.384 e. The summed E-state index contributed by atoms with van der Waals surface area (Å²) in [5.74, 6) is 0. The standard InChI is InChI=1S/C15H25BrN2/c1-2-3-4-5-6-7-8-9-12-17-14-10-11-15(16)18-13-14/h10-11,13,17H,2-9,12H2,1H3. The van der Waals surface area contributed by atoms with Crippen molar-refractivity contribution in [2.75, 3.05) is 11.9 Å². The predicted octanol–water partition coefficient (Wildman–Crippen LogP) is 5.40. The van der Waals surface area contributed by atoms with Crippen molar-refractivity contribution in [2.24, 2.45) is 0 Å². The molecular formula is C15H25BrN2. The van der Waals surface area contributed by atoms with E-state index in [4.69, 9.17) is 0 Å². The van der Waals surface area contributed by atoms with Crippen molar-refractivity contribution in [2.45, 2.75) is 58.3 Å². The molecule has 1 aromatic heterocycles. The van der Waals surface area contributed by atoms with Crippen LogP contribution in [-0.2, 0) is 0 Å². The highest BCUT2D eigenvalue weighted by molar-refractivity contribution is 9.10. The third kappa shape index (κ3) is 7.70. The molecule has 0 aromatic carbocycles. The van der Waals surface area contributed by atoms with Crippen LogP contribution in [0.15, 0.2) is 22.9 Å². The molecule has 18 heavy (non-hydrogen) atoms. The van der Waals surface area contributed by atoms with Crippen LogP contribution in [-0.4, -0.2) is 11.5 Å². The van der Waals surface area contributed by atoms with Gasteiger partial charge in [0.15, 0.2) is 0 Å². The number of anilines is 1. The molecule has 102 valence electrons. The van der Waals surface area contributed by atoms with Gasteiger partial charge < -0.3 is 5.32 Å². The maximum atomic E-state index is 4.19. The zero-order chi connectivity index (χ0) is 13.1. The van der Waals surface area contributed by atoms with Crippen molar-refractivity contribution in [3.8, 4) is 0 Å². The molecule has 2 nitrogen and oxygen atoms in total. The summed E-state index contributed by atoms with van der Waals surface area (Å²) in [7, 11) is 0. The van der Waals surface area contributed by atoms with E-state index in [0.29, 0.717) is 0 Å². The van der Waals surface area contributed by atoms with Crippen molar-refractivity contribution in [3.63, 3.8) is 0 Å². The summed E-state index contributed by atoms with van der Waals surface area (Å²) >= 11 is 3.33. The zero-order valence-corrected chi connectivity index (χ0v) is 13.0. The number of nitrogens with zero attached hydrogens (tertiary/aromatic N) is 1. The first-order chi connectivity index (χ1) is 8.83. The first-order valence-electron chi connectivity index (χ1n) is 7.18. The van der Waals surface area contributed by atoms with Crippen molar-refractivity contribution in [1.82, 2.24) is 4.98 Å². The van der Waals surface area contributed by atoms with Crippen LogP contribution in [0.1, 0.15) is 58.3 Å². The molecule has 0 radical (unpaired) electrons.